The van der Waals surface area contributed by atoms with E-state index in [1.807, 2.05) is 26.0 Å². The number of aryl methyl sites for hydroxylation is 2. The van der Waals surface area contributed by atoms with Crippen LogP contribution in [0.15, 0.2) is 41.3 Å². The number of benzene rings is 2. The fourth-order valence-corrected chi connectivity index (χ4v) is 5.11. The van der Waals surface area contributed by atoms with Gasteiger partial charge in [-0.2, -0.15) is 4.31 Å². The highest BCUT2D eigenvalue weighted by atomic mass is 32.2. The van der Waals surface area contributed by atoms with Crippen molar-refractivity contribution in [2.24, 2.45) is 5.92 Å². The lowest BCUT2D eigenvalue weighted by molar-refractivity contribution is -0.158. The summed E-state index contributed by atoms with van der Waals surface area (Å²) in [4.78, 5) is 24.6. The van der Waals surface area contributed by atoms with Crippen LogP contribution in [0.25, 0.3) is 0 Å². The summed E-state index contributed by atoms with van der Waals surface area (Å²) in [6.45, 7) is 5.31. The fourth-order valence-electron chi connectivity index (χ4n) is 3.63. The first kappa shape index (κ1) is 24.8. The van der Waals surface area contributed by atoms with Gasteiger partial charge in [-0.25, -0.2) is 17.2 Å². The molecule has 1 amide bonds. The first-order valence-corrected chi connectivity index (χ1v) is 12.0. The molecule has 178 valence electrons. The molecule has 1 unspecified atom stereocenters. The summed E-state index contributed by atoms with van der Waals surface area (Å²) < 4.78 is 58.4. The van der Waals surface area contributed by atoms with Crippen LogP contribution in [-0.4, -0.2) is 43.8 Å². The number of ether oxygens (including phenoxy) is 1. The van der Waals surface area contributed by atoms with Gasteiger partial charge in [-0.3, -0.25) is 9.59 Å². The van der Waals surface area contributed by atoms with E-state index in [0.29, 0.717) is 11.8 Å². The minimum atomic E-state index is -4.02. The van der Waals surface area contributed by atoms with Crippen LogP contribution in [0.3, 0.4) is 0 Å². The summed E-state index contributed by atoms with van der Waals surface area (Å²) in [7, 11) is -4.02. The first-order chi connectivity index (χ1) is 15.5. The second-order valence-electron chi connectivity index (χ2n) is 8.14. The number of rotatable bonds is 6. The third kappa shape index (κ3) is 5.75. The Morgan fingerprint density at radius 3 is 2.33 bits per heavy atom. The van der Waals surface area contributed by atoms with E-state index in [4.69, 9.17) is 4.74 Å². The number of esters is 1. The van der Waals surface area contributed by atoms with Crippen LogP contribution in [0, 0.1) is 31.4 Å². The lowest BCUT2D eigenvalue weighted by Gasteiger charge is -2.30. The predicted octanol–water partition coefficient (Wildman–Crippen LogP) is 3.55. The van der Waals surface area contributed by atoms with E-state index in [0.717, 1.165) is 27.6 Å². The van der Waals surface area contributed by atoms with Gasteiger partial charge in [0.1, 0.15) is 0 Å². The average Bonchev–Trinajstić information content (AvgIpc) is 2.77. The van der Waals surface area contributed by atoms with E-state index in [1.165, 1.54) is 6.92 Å². The molecule has 0 spiro atoms. The molecule has 1 aliphatic heterocycles. The predicted molar refractivity (Wildman–Crippen MR) is 118 cm³/mol. The first-order valence-electron chi connectivity index (χ1n) is 10.5. The van der Waals surface area contributed by atoms with Crippen LogP contribution < -0.4 is 5.32 Å². The van der Waals surface area contributed by atoms with E-state index >= 15 is 0 Å². The van der Waals surface area contributed by atoms with E-state index < -0.39 is 45.6 Å². The van der Waals surface area contributed by atoms with E-state index in [9.17, 15) is 26.8 Å². The SMILES string of the molecule is Cc1ccc(NC(=O)C(C)OC(=O)C2CCN(S(=O)(=O)c3ccc(F)c(F)c3)CC2)c(C)c1. The molecule has 1 saturated heterocycles. The number of nitrogens with one attached hydrogen (secondary N) is 1. The van der Waals surface area contributed by atoms with Crippen molar-refractivity contribution in [3.05, 3.63) is 59.2 Å². The van der Waals surface area contributed by atoms with Gasteiger partial charge in [0.2, 0.25) is 10.0 Å². The number of carbonyl (C=O) groups excluding carboxylic acids is 2. The minimum absolute atomic E-state index is 0.0181. The molecule has 0 aliphatic carbocycles. The van der Waals surface area contributed by atoms with Gasteiger partial charge in [-0.1, -0.05) is 17.7 Å². The maximum Gasteiger partial charge on any atom is 0.309 e. The molecule has 1 atom stereocenters. The van der Waals surface area contributed by atoms with Gasteiger partial charge in [0.15, 0.2) is 17.7 Å². The van der Waals surface area contributed by atoms with Gasteiger partial charge in [0.25, 0.3) is 5.91 Å². The van der Waals surface area contributed by atoms with Crippen molar-refractivity contribution in [2.75, 3.05) is 18.4 Å². The van der Waals surface area contributed by atoms with Crippen LogP contribution in [-0.2, 0) is 24.3 Å². The number of sulfonamides is 1. The Labute approximate surface area is 191 Å². The van der Waals surface area contributed by atoms with Crippen molar-refractivity contribution in [3.63, 3.8) is 0 Å². The molecule has 0 bridgehead atoms. The lowest BCUT2D eigenvalue weighted by atomic mass is 9.98. The van der Waals surface area contributed by atoms with Crippen molar-refractivity contribution in [1.82, 2.24) is 4.31 Å². The van der Waals surface area contributed by atoms with Crippen LogP contribution in [0.4, 0.5) is 14.5 Å². The van der Waals surface area contributed by atoms with Crippen LogP contribution in [0.1, 0.15) is 30.9 Å². The molecule has 1 fully saturated rings. The van der Waals surface area contributed by atoms with Crippen LogP contribution >= 0.6 is 0 Å². The molecular weight excluding hydrogens is 454 g/mol. The molecular formula is C23H26F2N2O5S. The quantitative estimate of drug-likeness (QED) is 0.639. The Morgan fingerprint density at radius 1 is 1.06 bits per heavy atom. The highest BCUT2D eigenvalue weighted by molar-refractivity contribution is 7.89. The van der Waals surface area contributed by atoms with Crippen LogP contribution in [0.5, 0.6) is 0 Å². The molecule has 3 rings (SSSR count). The maximum atomic E-state index is 13.5. The summed E-state index contributed by atoms with van der Waals surface area (Å²) >= 11 is 0. The Bertz CT molecular complexity index is 1160. The third-order valence-electron chi connectivity index (χ3n) is 5.62. The second kappa shape index (κ2) is 9.96. The monoisotopic (exact) mass is 480 g/mol. The Balaban J connectivity index is 1.55. The summed E-state index contributed by atoms with van der Waals surface area (Å²) in [6.07, 6.45) is -0.650. The zero-order valence-electron chi connectivity index (χ0n) is 18.6. The molecule has 1 heterocycles. The molecule has 33 heavy (non-hydrogen) atoms. The Hall–Kier alpha value is -2.85. The van der Waals surface area contributed by atoms with E-state index in [-0.39, 0.29) is 30.8 Å². The Morgan fingerprint density at radius 2 is 1.73 bits per heavy atom. The number of amides is 1. The number of nitrogens with zero attached hydrogens (tertiary/aromatic N) is 1. The average molecular weight is 481 g/mol. The summed E-state index contributed by atoms with van der Waals surface area (Å²) in [6, 6.07) is 7.97. The summed E-state index contributed by atoms with van der Waals surface area (Å²) in [5, 5.41) is 2.74. The number of halogens is 2. The topological polar surface area (TPSA) is 92.8 Å². The van der Waals surface area contributed by atoms with Gasteiger partial charge in [-0.05, 0) is 63.4 Å². The lowest BCUT2D eigenvalue weighted by Crippen LogP contribution is -2.41. The van der Waals surface area contributed by atoms with E-state index in [2.05, 4.69) is 5.32 Å². The van der Waals surface area contributed by atoms with Gasteiger partial charge in [0, 0.05) is 18.8 Å². The molecule has 2 aromatic rings. The standard InChI is InChI=1S/C23H26F2N2O5S/c1-14-4-7-21(15(2)12-14)26-22(28)16(3)32-23(29)17-8-10-27(11-9-17)33(30,31)18-5-6-19(24)20(25)13-18/h4-7,12-13,16-17H,8-11H2,1-3H3,(H,26,28). The third-order valence-corrected chi connectivity index (χ3v) is 7.51. The number of carbonyl (C=O) groups is 2. The number of piperidine rings is 1. The summed E-state index contributed by atoms with van der Waals surface area (Å²) in [5.41, 5.74) is 2.57. The number of hydrogen-bond donors (Lipinski definition) is 1. The Kier molecular flexibility index (Phi) is 7.48. The molecule has 10 heteroatoms. The molecule has 0 saturated carbocycles. The molecule has 2 aromatic carbocycles. The molecule has 1 aliphatic rings. The highest BCUT2D eigenvalue weighted by Crippen LogP contribution is 2.26. The highest BCUT2D eigenvalue weighted by Gasteiger charge is 2.34. The zero-order chi connectivity index (χ0) is 24.3. The largest absolute Gasteiger partial charge is 0.452 e. The zero-order valence-corrected chi connectivity index (χ0v) is 19.4. The maximum absolute atomic E-state index is 13.5. The van der Waals surface area contributed by atoms with Crippen molar-refractivity contribution < 1.29 is 31.5 Å². The molecule has 7 nitrogen and oxygen atoms in total. The summed E-state index contributed by atoms with van der Waals surface area (Å²) in [5.74, 6) is -4.00. The smallest absolute Gasteiger partial charge is 0.309 e. The van der Waals surface area contributed by atoms with Crippen molar-refractivity contribution in [2.45, 2.75) is 44.6 Å². The van der Waals surface area contributed by atoms with Crippen molar-refractivity contribution in [3.8, 4) is 0 Å². The normalized spacial score (nSPS) is 16.3. The van der Waals surface area contributed by atoms with Gasteiger partial charge < -0.3 is 10.1 Å². The minimum Gasteiger partial charge on any atom is -0.452 e. The van der Waals surface area contributed by atoms with Crippen LogP contribution in [0.2, 0.25) is 0 Å². The number of hydrogen-bond acceptors (Lipinski definition) is 5. The van der Waals surface area contributed by atoms with Gasteiger partial charge in [-0.15, -0.1) is 0 Å². The second-order valence-corrected chi connectivity index (χ2v) is 10.1. The van der Waals surface area contributed by atoms with Gasteiger partial charge >= 0.3 is 5.97 Å². The van der Waals surface area contributed by atoms with Gasteiger partial charge in [0.05, 0.1) is 10.8 Å². The molecule has 1 N–H and O–H groups in total. The van der Waals surface area contributed by atoms with Crippen molar-refractivity contribution >= 4 is 27.6 Å². The molecule has 0 radical (unpaired) electrons. The van der Waals surface area contributed by atoms with Crippen molar-refractivity contribution in [1.29, 1.82) is 0 Å². The molecule has 0 aromatic heterocycles. The fraction of sp³-hybridized carbons (Fsp3) is 0.391. The number of anilines is 1. The van der Waals surface area contributed by atoms with E-state index in [1.54, 1.807) is 6.07 Å².